The predicted molar refractivity (Wildman–Crippen MR) is 310 cm³/mol. The molecular weight excluding hydrogens is 859 g/mol. The summed E-state index contributed by atoms with van der Waals surface area (Å²) < 4.78 is 0. The lowest BCUT2D eigenvalue weighted by atomic mass is 10.0. The van der Waals surface area contributed by atoms with Gasteiger partial charge in [-0.2, -0.15) is 0 Å². The van der Waals surface area contributed by atoms with Gasteiger partial charge < -0.3 is 20.6 Å². The first-order valence-electron chi connectivity index (χ1n) is 32.1. The zero-order valence-electron chi connectivity index (χ0n) is 47.7. The van der Waals surface area contributed by atoms with Crippen molar-refractivity contribution in [3.05, 3.63) is 24.3 Å². The summed E-state index contributed by atoms with van der Waals surface area (Å²) in [4.78, 5) is 12.6. The second-order valence-electron chi connectivity index (χ2n) is 22.4. The first-order valence-corrected chi connectivity index (χ1v) is 32.1. The van der Waals surface area contributed by atoms with Crippen LogP contribution in [0.15, 0.2) is 24.3 Å². The first-order chi connectivity index (χ1) is 34.5. The zero-order valence-corrected chi connectivity index (χ0v) is 47.7. The van der Waals surface area contributed by atoms with E-state index < -0.39 is 18.2 Å². The Morgan fingerprint density at radius 3 is 0.900 bits per heavy atom. The molecule has 5 heteroatoms. The van der Waals surface area contributed by atoms with Crippen LogP contribution in [0, 0.1) is 0 Å². The maximum atomic E-state index is 12.6. The minimum absolute atomic E-state index is 0.0397. The maximum absolute atomic E-state index is 12.6. The number of hydrogen-bond donors (Lipinski definition) is 4. The second-order valence-corrected chi connectivity index (χ2v) is 22.4. The fourth-order valence-electron chi connectivity index (χ4n) is 10.4. The van der Waals surface area contributed by atoms with E-state index in [1.807, 2.05) is 0 Å². The van der Waals surface area contributed by atoms with Crippen molar-refractivity contribution in [3.63, 3.8) is 0 Å². The SMILES string of the molecule is CCCCCCCCCCC/C=C\C/C=C\CCCCCCCCCCCCCCCCCC(O)CC(=O)NC(CO)C(O)CCCCCCCCCCCCCCCCCCCCCCCCCC. The van der Waals surface area contributed by atoms with Crippen LogP contribution in [0.5, 0.6) is 0 Å². The molecule has 0 heterocycles. The number of carbonyl (C=O) groups excluding carboxylic acids is 1. The molecule has 0 aromatic carbocycles. The third-order valence-electron chi connectivity index (χ3n) is 15.3. The lowest BCUT2D eigenvalue weighted by Crippen LogP contribution is -2.46. The lowest BCUT2D eigenvalue weighted by molar-refractivity contribution is -0.125. The third kappa shape index (κ3) is 56.1. The van der Waals surface area contributed by atoms with Crippen molar-refractivity contribution in [3.8, 4) is 0 Å². The van der Waals surface area contributed by atoms with Crippen LogP contribution in [0.2, 0.25) is 0 Å². The third-order valence-corrected chi connectivity index (χ3v) is 15.3. The molecule has 0 radical (unpaired) electrons. The van der Waals surface area contributed by atoms with Crippen LogP contribution in [0.3, 0.4) is 0 Å². The number of rotatable bonds is 60. The first kappa shape index (κ1) is 68.8. The molecule has 0 aromatic rings. The van der Waals surface area contributed by atoms with Crippen molar-refractivity contribution in [1.29, 1.82) is 0 Å². The Labute approximate surface area is 439 Å². The molecule has 4 N–H and O–H groups in total. The van der Waals surface area contributed by atoms with Gasteiger partial charge in [-0.1, -0.05) is 334 Å². The molecule has 0 saturated heterocycles. The average Bonchev–Trinajstić information content (AvgIpc) is 3.36. The fourth-order valence-corrected chi connectivity index (χ4v) is 10.4. The van der Waals surface area contributed by atoms with Gasteiger partial charge in [-0.25, -0.2) is 0 Å². The summed E-state index contributed by atoms with van der Waals surface area (Å²) in [5.41, 5.74) is 0. The number of allylic oxidation sites excluding steroid dienone is 4. The van der Waals surface area contributed by atoms with Gasteiger partial charge in [0.25, 0.3) is 0 Å². The fraction of sp³-hybridized carbons (Fsp3) is 0.923. The number of aliphatic hydroxyl groups excluding tert-OH is 3. The summed E-state index contributed by atoms with van der Waals surface area (Å²) in [5, 5.41) is 33.8. The molecule has 1 amide bonds. The highest BCUT2D eigenvalue weighted by Gasteiger charge is 2.21. The molecule has 3 atom stereocenters. The van der Waals surface area contributed by atoms with Crippen LogP contribution in [-0.4, -0.2) is 46.1 Å². The van der Waals surface area contributed by atoms with Crippen LogP contribution in [0.1, 0.15) is 361 Å². The van der Waals surface area contributed by atoms with Gasteiger partial charge in [0.15, 0.2) is 0 Å². The van der Waals surface area contributed by atoms with E-state index in [1.54, 1.807) is 0 Å². The summed E-state index contributed by atoms with van der Waals surface area (Å²) in [6, 6.07) is -0.658. The Bertz CT molecular complexity index is 1040. The highest BCUT2D eigenvalue weighted by molar-refractivity contribution is 5.76. The van der Waals surface area contributed by atoms with E-state index in [1.165, 1.54) is 295 Å². The van der Waals surface area contributed by atoms with Crippen molar-refractivity contribution in [1.82, 2.24) is 5.32 Å². The molecular formula is C65H127NO4. The standard InChI is InChI=1S/C65H127NO4/c1-3-5-7-9-11-13-15-17-19-21-23-25-27-29-30-31-32-33-34-35-36-38-40-42-44-46-48-50-52-54-56-58-62(68)60-65(70)66-63(61-67)64(69)59-57-55-53-51-49-47-45-43-41-39-37-28-26-24-22-20-18-16-14-12-10-8-6-4-2/h23,25,29-30,62-64,67-69H,3-22,24,26-28,31-61H2,1-2H3,(H,66,70)/b25-23-,30-29-. The van der Waals surface area contributed by atoms with E-state index >= 15 is 0 Å². The molecule has 0 aromatic heterocycles. The maximum Gasteiger partial charge on any atom is 0.222 e. The van der Waals surface area contributed by atoms with Gasteiger partial charge in [0.2, 0.25) is 5.91 Å². The van der Waals surface area contributed by atoms with E-state index in [2.05, 4.69) is 43.5 Å². The topological polar surface area (TPSA) is 89.8 Å². The quantitative estimate of drug-likeness (QED) is 0.0361. The molecule has 0 rings (SSSR count). The van der Waals surface area contributed by atoms with Crippen LogP contribution < -0.4 is 5.32 Å². The minimum Gasteiger partial charge on any atom is -0.394 e. The minimum atomic E-state index is -0.749. The van der Waals surface area contributed by atoms with Crippen molar-refractivity contribution in [2.24, 2.45) is 0 Å². The Morgan fingerprint density at radius 1 is 0.357 bits per heavy atom. The molecule has 0 aliphatic heterocycles. The van der Waals surface area contributed by atoms with Gasteiger partial charge in [0.1, 0.15) is 0 Å². The zero-order chi connectivity index (χ0) is 50.7. The number of aliphatic hydroxyl groups is 3. The van der Waals surface area contributed by atoms with E-state index in [9.17, 15) is 20.1 Å². The molecule has 416 valence electrons. The smallest absolute Gasteiger partial charge is 0.222 e. The summed E-state index contributed by atoms with van der Waals surface area (Å²) in [5.74, 6) is -0.276. The van der Waals surface area contributed by atoms with Gasteiger partial charge in [0, 0.05) is 0 Å². The molecule has 0 bridgehead atoms. The summed E-state index contributed by atoms with van der Waals surface area (Å²) in [6.07, 6.45) is 77.9. The predicted octanol–water partition coefficient (Wildman–Crippen LogP) is 20.4. The number of nitrogens with one attached hydrogen (secondary N) is 1. The van der Waals surface area contributed by atoms with E-state index in [0.29, 0.717) is 12.8 Å². The van der Waals surface area contributed by atoms with Gasteiger partial charge in [-0.15, -0.1) is 0 Å². The molecule has 0 saturated carbocycles. The Hall–Kier alpha value is -1.17. The molecule has 0 aliphatic rings. The van der Waals surface area contributed by atoms with Gasteiger partial charge >= 0.3 is 0 Å². The Morgan fingerprint density at radius 2 is 0.614 bits per heavy atom. The van der Waals surface area contributed by atoms with Crippen molar-refractivity contribution in [2.75, 3.05) is 6.61 Å². The Kier molecular flexibility index (Phi) is 59.4. The monoisotopic (exact) mass is 986 g/mol. The number of unbranched alkanes of at least 4 members (excludes halogenated alkanes) is 47. The van der Waals surface area contributed by atoms with Crippen molar-refractivity contribution in [2.45, 2.75) is 379 Å². The van der Waals surface area contributed by atoms with Crippen LogP contribution in [0.25, 0.3) is 0 Å². The Balaban J connectivity index is 3.48. The number of amides is 1. The van der Waals surface area contributed by atoms with Gasteiger partial charge in [-0.3, -0.25) is 4.79 Å². The average molecular weight is 987 g/mol. The van der Waals surface area contributed by atoms with E-state index in [0.717, 1.165) is 32.1 Å². The molecule has 5 nitrogen and oxygen atoms in total. The van der Waals surface area contributed by atoms with Crippen LogP contribution in [-0.2, 0) is 4.79 Å². The van der Waals surface area contributed by atoms with Crippen molar-refractivity contribution >= 4 is 5.91 Å². The summed E-state index contributed by atoms with van der Waals surface area (Å²) >= 11 is 0. The lowest BCUT2D eigenvalue weighted by Gasteiger charge is -2.23. The molecule has 0 spiro atoms. The summed E-state index contributed by atoms with van der Waals surface area (Å²) in [6.45, 7) is 4.31. The van der Waals surface area contributed by atoms with Gasteiger partial charge in [-0.05, 0) is 44.9 Å². The number of carbonyl (C=O) groups is 1. The molecule has 0 fully saturated rings. The highest BCUT2D eigenvalue weighted by atomic mass is 16.3. The van der Waals surface area contributed by atoms with Crippen molar-refractivity contribution < 1.29 is 20.1 Å². The molecule has 3 unspecified atom stereocenters. The largest absolute Gasteiger partial charge is 0.394 e. The van der Waals surface area contributed by atoms with Crippen LogP contribution >= 0.6 is 0 Å². The van der Waals surface area contributed by atoms with Crippen LogP contribution in [0.4, 0.5) is 0 Å². The highest BCUT2D eigenvalue weighted by Crippen LogP contribution is 2.19. The molecule has 0 aliphatic carbocycles. The number of hydrogen-bond acceptors (Lipinski definition) is 4. The molecule has 70 heavy (non-hydrogen) atoms. The van der Waals surface area contributed by atoms with Gasteiger partial charge in [0.05, 0.1) is 31.3 Å². The van der Waals surface area contributed by atoms with E-state index in [4.69, 9.17) is 0 Å². The normalized spacial score (nSPS) is 13.3. The van der Waals surface area contributed by atoms with E-state index in [-0.39, 0.29) is 18.9 Å². The second kappa shape index (κ2) is 60.4. The summed E-state index contributed by atoms with van der Waals surface area (Å²) in [7, 11) is 0.